The molecule has 3 N–H and O–H groups in total. The number of hydrogen-bond acceptors (Lipinski definition) is 5. The molecule has 1 aromatic heterocycles. The molecule has 0 radical (unpaired) electrons. The maximum atomic E-state index is 13.9. The Kier molecular flexibility index (Phi) is 7.96. The Balaban J connectivity index is 1.56. The van der Waals surface area contributed by atoms with Crippen LogP contribution in [0.4, 0.5) is 8.78 Å². The van der Waals surface area contributed by atoms with Crippen molar-refractivity contribution in [3.8, 4) is 5.75 Å². The lowest BCUT2D eigenvalue weighted by Gasteiger charge is -2.22. The normalized spacial score (nSPS) is 11.6. The topological polar surface area (TPSA) is 110 Å². The zero-order chi connectivity index (χ0) is 24.7. The van der Waals surface area contributed by atoms with Crippen LogP contribution in [0, 0.1) is 17.6 Å². The van der Waals surface area contributed by atoms with Crippen LogP contribution >= 0.6 is 0 Å². The van der Waals surface area contributed by atoms with Gasteiger partial charge in [-0.05, 0) is 42.3 Å². The average Bonchev–Trinajstić information content (AvgIpc) is 3.29. The van der Waals surface area contributed by atoms with Crippen molar-refractivity contribution in [1.29, 1.82) is 0 Å². The number of hydrogen-bond donors (Lipinski definition) is 3. The molecule has 1 atom stereocenters. The van der Waals surface area contributed by atoms with E-state index >= 15 is 0 Å². The number of carbonyl (C=O) groups excluding carboxylic acids is 3. The number of carbonyl (C=O) groups is 3. The summed E-state index contributed by atoms with van der Waals surface area (Å²) in [6, 6.07) is 13.8. The molecule has 8 nitrogen and oxygen atoms in total. The molecule has 0 fully saturated rings. The van der Waals surface area contributed by atoms with Crippen LogP contribution in [-0.4, -0.2) is 23.8 Å². The van der Waals surface area contributed by atoms with E-state index in [-0.39, 0.29) is 12.4 Å². The molecule has 0 spiro atoms. The number of furan rings is 1. The van der Waals surface area contributed by atoms with E-state index in [1.54, 1.807) is 32.0 Å². The predicted molar refractivity (Wildman–Crippen MR) is 118 cm³/mol. The molecule has 0 saturated heterocycles. The Morgan fingerprint density at radius 3 is 2.21 bits per heavy atom. The molecule has 0 bridgehead atoms. The van der Waals surface area contributed by atoms with Gasteiger partial charge >= 0.3 is 5.91 Å². The van der Waals surface area contributed by atoms with Gasteiger partial charge in [-0.15, -0.1) is 0 Å². The second kappa shape index (κ2) is 11.1. The summed E-state index contributed by atoms with van der Waals surface area (Å²) in [5.74, 6) is -4.25. The first kappa shape index (κ1) is 24.4. The molecule has 0 aliphatic rings. The van der Waals surface area contributed by atoms with Crippen molar-refractivity contribution < 1.29 is 32.3 Å². The third kappa shape index (κ3) is 6.18. The molecule has 178 valence electrons. The zero-order valence-electron chi connectivity index (χ0n) is 18.4. The van der Waals surface area contributed by atoms with Crippen molar-refractivity contribution in [3.63, 3.8) is 0 Å². The standard InChI is InChI=1S/C24H23F2N3O5/c1-14(2)21(27-23(31)20-17(25)9-6-10-18(20)26)24(32)29-28-22(30)19-12-11-16(34-19)13-33-15-7-4-3-5-8-15/h3-12,14,21H,13H2,1-2H3,(H,27,31)(H,28,30)(H,29,32). The number of ether oxygens (including phenoxy) is 1. The summed E-state index contributed by atoms with van der Waals surface area (Å²) in [5, 5.41) is 2.29. The lowest BCUT2D eigenvalue weighted by molar-refractivity contribution is -0.124. The molecule has 1 unspecified atom stereocenters. The van der Waals surface area contributed by atoms with Crippen LogP contribution in [0.2, 0.25) is 0 Å². The molecule has 3 aromatic rings. The highest BCUT2D eigenvalue weighted by Crippen LogP contribution is 2.15. The van der Waals surface area contributed by atoms with Crippen molar-refractivity contribution in [2.75, 3.05) is 0 Å². The van der Waals surface area contributed by atoms with Gasteiger partial charge < -0.3 is 14.5 Å². The van der Waals surface area contributed by atoms with Gasteiger partial charge in [0.25, 0.3) is 11.8 Å². The number of para-hydroxylation sites is 1. The lowest BCUT2D eigenvalue weighted by Crippen LogP contribution is -2.54. The molecule has 1 heterocycles. The summed E-state index contributed by atoms with van der Waals surface area (Å²) in [7, 11) is 0. The third-order valence-corrected chi connectivity index (χ3v) is 4.73. The fourth-order valence-corrected chi connectivity index (χ4v) is 2.97. The van der Waals surface area contributed by atoms with E-state index < -0.39 is 46.9 Å². The van der Waals surface area contributed by atoms with E-state index in [4.69, 9.17) is 9.15 Å². The molecule has 3 amide bonds. The summed E-state index contributed by atoms with van der Waals surface area (Å²) in [4.78, 5) is 37.2. The van der Waals surface area contributed by atoms with Gasteiger partial charge in [0.2, 0.25) is 0 Å². The van der Waals surface area contributed by atoms with Crippen LogP contribution in [0.25, 0.3) is 0 Å². The van der Waals surface area contributed by atoms with E-state index in [0.29, 0.717) is 11.5 Å². The maximum absolute atomic E-state index is 13.9. The summed E-state index contributed by atoms with van der Waals surface area (Å²) in [6.07, 6.45) is 0. The molecule has 3 rings (SSSR count). The number of halogens is 2. The lowest BCUT2D eigenvalue weighted by atomic mass is 10.0. The zero-order valence-corrected chi connectivity index (χ0v) is 18.4. The molecular weight excluding hydrogens is 448 g/mol. The average molecular weight is 471 g/mol. The largest absolute Gasteiger partial charge is 0.486 e. The van der Waals surface area contributed by atoms with Gasteiger partial charge in [-0.25, -0.2) is 8.78 Å². The summed E-state index contributed by atoms with van der Waals surface area (Å²) in [5.41, 5.74) is 3.57. The van der Waals surface area contributed by atoms with Crippen molar-refractivity contribution in [3.05, 3.63) is 89.4 Å². The van der Waals surface area contributed by atoms with Gasteiger partial charge in [0.15, 0.2) is 5.76 Å². The first-order chi connectivity index (χ1) is 16.3. The minimum atomic E-state index is -1.18. The van der Waals surface area contributed by atoms with Crippen LogP contribution in [-0.2, 0) is 11.4 Å². The van der Waals surface area contributed by atoms with E-state index in [1.807, 2.05) is 18.2 Å². The number of benzene rings is 2. The highest BCUT2D eigenvalue weighted by Gasteiger charge is 2.28. The first-order valence-corrected chi connectivity index (χ1v) is 10.4. The van der Waals surface area contributed by atoms with Gasteiger partial charge in [-0.3, -0.25) is 25.2 Å². The van der Waals surface area contributed by atoms with Crippen molar-refractivity contribution in [2.24, 2.45) is 5.92 Å². The van der Waals surface area contributed by atoms with Gasteiger partial charge in [0.05, 0.1) is 0 Å². The summed E-state index contributed by atoms with van der Waals surface area (Å²) >= 11 is 0. The molecule has 0 aliphatic carbocycles. The van der Waals surface area contributed by atoms with E-state index in [9.17, 15) is 23.2 Å². The fourth-order valence-electron chi connectivity index (χ4n) is 2.97. The SMILES string of the molecule is CC(C)C(NC(=O)c1c(F)cccc1F)C(=O)NNC(=O)c1ccc(COc2ccccc2)o1. The van der Waals surface area contributed by atoms with E-state index in [0.717, 1.165) is 18.2 Å². The van der Waals surface area contributed by atoms with Crippen LogP contribution in [0.1, 0.15) is 40.5 Å². The van der Waals surface area contributed by atoms with Gasteiger partial charge in [-0.2, -0.15) is 0 Å². The van der Waals surface area contributed by atoms with Crippen molar-refractivity contribution in [2.45, 2.75) is 26.5 Å². The summed E-state index contributed by atoms with van der Waals surface area (Å²) in [6.45, 7) is 3.34. The van der Waals surface area contributed by atoms with Gasteiger partial charge in [-0.1, -0.05) is 38.1 Å². The summed E-state index contributed by atoms with van der Waals surface area (Å²) < 4.78 is 38.7. The van der Waals surface area contributed by atoms with E-state index in [1.165, 1.54) is 6.07 Å². The number of rotatable bonds is 8. The molecule has 0 aliphatic heterocycles. The van der Waals surface area contributed by atoms with Gasteiger partial charge in [0.1, 0.15) is 41.4 Å². The Morgan fingerprint density at radius 1 is 0.882 bits per heavy atom. The molecule has 10 heteroatoms. The minimum Gasteiger partial charge on any atom is -0.486 e. The molecular formula is C24H23F2N3O5. The smallest absolute Gasteiger partial charge is 0.305 e. The van der Waals surface area contributed by atoms with Gasteiger partial charge in [0, 0.05) is 0 Å². The monoisotopic (exact) mass is 471 g/mol. The second-order valence-corrected chi connectivity index (χ2v) is 7.60. The van der Waals surface area contributed by atoms with E-state index in [2.05, 4.69) is 16.2 Å². The minimum absolute atomic E-state index is 0.0782. The van der Waals surface area contributed by atoms with Crippen LogP contribution in [0.5, 0.6) is 5.75 Å². The Bertz CT molecular complexity index is 1140. The van der Waals surface area contributed by atoms with Crippen LogP contribution in [0.15, 0.2) is 65.1 Å². The highest BCUT2D eigenvalue weighted by molar-refractivity contribution is 5.99. The molecule has 2 aromatic carbocycles. The first-order valence-electron chi connectivity index (χ1n) is 10.4. The van der Waals surface area contributed by atoms with Crippen LogP contribution in [0.3, 0.4) is 0 Å². The fraction of sp³-hybridized carbons (Fsp3) is 0.208. The Labute approximate surface area is 194 Å². The van der Waals surface area contributed by atoms with Crippen molar-refractivity contribution in [1.82, 2.24) is 16.2 Å². The number of nitrogens with one attached hydrogen (secondary N) is 3. The quantitative estimate of drug-likeness (QED) is 0.437. The maximum Gasteiger partial charge on any atom is 0.305 e. The second-order valence-electron chi connectivity index (χ2n) is 7.60. The predicted octanol–water partition coefficient (Wildman–Crippen LogP) is 3.35. The van der Waals surface area contributed by atoms with Crippen molar-refractivity contribution >= 4 is 17.7 Å². The van der Waals surface area contributed by atoms with Crippen LogP contribution < -0.4 is 20.9 Å². The Morgan fingerprint density at radius 2 is 1.56 bits per heavy atom. The third-order valence-electron chi connectivity index (χ3n) is 4.73. The molecule has 0 saturated carbocycles. The molecule has 34 heavy (non-hydrogen) atoms. The Hall–Kier alpha value is -4.21. The number of amides is 3. The highest BCUT2D eigenvalue weighted by atomic mass is 19.1. The number of hydrazine groups is 1.